The molecule has 2 nitrogen and oxygen atoms in total. The number of ether oxygens (including phenoxy) is 2. The van der Waals surface area contributed by atoms with Gasteiger partial charge in [-0.3, -0.25) is 0 Å². The van der Waals surface area contributed by atoms with E-state index in [4.69, 9.17) is 0 Å². The molecule has 0 aliphatic heterocycles. The number of benzene rings is 6. The predicted molar refractivity (Wildman–Crippen MR) is 224 cm³/mol. The molecule has 0 N–H and O–H groups in total. The van der Waals surface area contributed by atoms with Gasteiger partial charge in [0.25, 0.3) is 0 Å². The summed E-state index contributed by atoms with van der Waals surface area (Å²) in [6.07, 6.45) is -0.873. The minimum absolute atomic E-state index is 0.255. The van der Waals surface area contributed by atoms with E-state index in [1.54, 1.807) is 48.5 Å². The van der Waals surface area contributed by atoms with Crippen LogP contribution in [0.15, 0.2) is 121 Å². The van der Waals surface area contributed by atoms with Gasteiger partial charge in [-0.2, -0.15) is 17.6 Å². The lowest BCUT2D eigenvalue weighted by Crippen LogP contribution is -2.18. The molecule has 0 amide bonds. The molecule has 0 heterocycles. The van der Waals surface area contributed by atoms with Gasteiger partial charge < -0.3 is 9.47 Å². The van der Waals surface area contributed by atoms with Crippen molar-refractivity contribution in [2.24, 2.45) is 0 Å². The second-order valence-corrected chi connectivity index (χ2v) is 13.5. The summed E-state index contributed by atoms with van der Waals surface area (Å²) in [5.41, 5.74) is 6.33. The monoisotopic (exact) mass is 862 g/mol. The highest BCUT2D eigenvalue weighted by molar-refractivity contribution is 5.51. The van der Waals surface area contributed by atoms with Crippen LogP contribution in [-0.2, 0) is 12.8 Å². The van der Waals surface area contributed by atoms with Crippen molar-refractivity contribution in [2.45, 2.75) is 52.5 Å². The minimum Gasteiger partial charge on any atom is -0.432 e. The van der Waals surface area contributed by atoms with E-state index >= 15 is 0 Å². The standard InChI is InChI=1S/C26H17F5O.C26H18F4O/c1-2-3-18-4-6-19(7-5-18)8-9-20-10-12-21(13-11-20)14-15-22-16-17-23(25(28)24(22)27)32-26(29,30)31;1-2-3-18-4-6-19(7-5-18)8-9-20-10-12-21(13-11-20)14-15-22-16-17-23(31-26(29)30)25(28)24(22)27/h4-7,10-13,16-17H,2-3H2,1H3;4-7,10-13,16-17,26H,2-3H2,1H3. The van der Waals surface area contributed by atoms with Crippen LogP contribution in [0.25, 0.3) is 0 Å². The first-order chi connectivity index (χ1) is 30.2. The molecule has 0 aliphatic rings. The highest BCUT2D eigenvalue weighted by Gasteiger charge is 2.33. The zero-order valence-electron chi connectivity index (χ0n) is 33.7. The molecule has 0 atom stereocenters. The van der Waals surface area contributed by atoms with Gasteiger partial charge in [-0.05, 0) is 121 Å². The molecule has 11 heteroatoms. The van der Waals surface area contributed by atoms with E-state index < -0.39 is 47.7 Å². The molecule has 0 aliphatic carbocycles. The topological polar surface area (TPSA) is 18.5 Å². The van der Waals surface area contributed by atoms with Crippen molar-refractivity contribution in [3.63, 3.8) is 0 Å². The van der Waals surface area contributed by atoms with Gasteiger partial charge in [-0.25, -0.2) is 8.78 Å². The molecule has 0 spiro atoms. The SMILES string of the molecule is CCCc1ccc(C#Cc2ccc(C#Cc3ccc(OC(F)(F)F)c(F)c3F)cc2)cc1.CCCc1ccc(C#Cc2ccc(C#Cc3ccc(OC(F)F)c(F)c3F)cc2)cc1. The summed E-state index contributed by atoms with van der Waals surface area (Å²) in [6.45, 7) is 1.02. The zero-order valence-corrected chi connectivity index (χ0v) is 33.7. The molecule has 6 aromatic rings. The molecule has 0 fully saturated rings. The molecule has 318 valence electrons. The molecule has 6 rings (SSSR count). The Morgan fingerprint density at radius 3 is 1.03 bits per heavy atom. The number of alkyl halides is 5. The average molecular weight is 863 g/mol. The Bertz CT molecular complexity index is 2750. The minimum atomic E-state index is -5.12. The van der Waals surface area contributed by atoms with Crippen LogP contribution in [-0.4, -0.2) is 13.0 Å². The largest absolute Gasteiger partial charge is 0.573 e. The summed E-state index contributed by atoms with van der Waals surface area (Å²) in [7, 11) is 0. The molecule has 63 heavy (non-hydrogen) atoms. The lowest BCUT2D eigenvalue weighted by molar-refractivity contribution is -0.275. The summed E-state index contributed by atoms with van der Waals surface area (Å²) in [5.74, 6) is 14.4. The van der Waals surface area contributed by atoms with Gasteiger partial charge >= 0.3 is 13.0 Å². The predicted octanol–water partition coefficient (Wildman–Crippen LogP) is 12.9. The summed E-state index contributed by atoms with van der Waals surface area (Å²) < 4.78 is 124. The van der Waals surface area contributed by atoms with Gasteiger partial charge in [0.2, 0.25) is 11.6 Å². The van der Waals surface area contributed by atoms with Crippen LogP contribution in [0.4, 0.5) is 39.5 Å². The van der Waals surface area contributed by atoms with Crippen LogP contribution in [0.1, 0.15) is 82.3 Å². The fraction of sp³-hybridized carbons (Fsp3) is 0.154. The molecule has 6 aromatic carbocycles. The van der Waals surface area contributed by atoms with Crippen LogP contribution < -0.4 is 9.47 Å². The Hall–Kier alpha value is -7.47. The second-order valence-electron chi connectivity index (χ2n) is 13.5. The Labute approximate surface area is 359 Å². The molecule has 0 saturated carbocycles. The highest BCUT2D eigenvalue weighted by Crippen LogP contribution is 2.28. The molecule has 0 bridgehead atoms. The highest BCUT2D eigenvalue weighted by atomic mass is 19.4. The fourth-order valence-electron chi connectivity index (χ4n) is 5.58. The van der Waals surface area contributed by atoms with Gasteiger partial charge in [-0.1, -0.05) is 98.3 Å². The molecule has 0 radical (unpaired) electrons. The Morgan fingerprint density at radius 2 is 0.714 bits per heavy atom. The van der Waals surface area contributed by atoms with Gasteiger partial charge in [0.1, 0.15) is 0 Å². The molecule has 0 unspecified atom stereocenters. The van der Waals surface area contributed by atoms with Crippen molar-refractivity contribution in [2.75, 3.05) is 0 Å². The van der Waals surface area contributed by atoms with Gasteiger partial charge in [0.15, 0.2) is 23.1 Å². The van der Waals surface area contributed by atoms with Gasteiger partial charge in [0, 0.05) is 33.4 Å². The van der Waals surface area contributed by atoms with E-state index in [9.17, 15) is 39.5 Å². The maximum atomic E-state index is 14.0. The quantitative estimate of drug-likeness (QED) is 0.118. The van der Waals surface area contributed by atoms with Crippen molar-refractivity contribution >= 4 is 0 Å². The summed E-state index contributed by atoms with van der Waals surface area (Å²) in [5, 5.41) is 0. The summed E-state index contributed by atoms with van der Waals surface area (Å²) in [6, 6.07) is 33.6. The van der Waals surface area contributed by atoms with E-state index in [-0.39, 0.29) is 11.1 Å². The number of halogens is 9. The van der Waals surface area contributed by atoms with Crippen LogP contribution in [0, 0.1) is 70.6 Å². The summed E-state index contributed by atoms with van der Waals surface area (Å²) in [4.78, 5) is 0. The number of aryl methyl sites for hydroxylation is 2. The normalized spacial score (nSPS) is 10.3. The maximum absolute atomic E-state index is 14.0. The van der Waals surface area contributed by atoms with E-state index in [0.29, 0.717) is 17.2 Å². The van der Waals surface area contributed by atoms with Gasteiger partial charge in [0.05, 0.1) is 11.1 Å². The third-order valence-electron chi connectivity index (χ3n) is 8.68. The van der Waals surface area contributed by atoms with E-state index in [0.717, 1.165) is 66.1 Å². The lowest BCUT2D eigenvalue weighted by Gasteiger charge is -2.10. The number of hydrogen-bond acceptors (Lipinski definition) is 2. The lowest BCUT2D eigenvalue weighted by atomic mass is 10.1. The van der Waals surface area contributed by atoms with E-state index in [2.05, 4.69) is 95.0 Å². The smallest absolute Gasteiger partial charge is 0.432 e. The van der Waals surface area contributed by atoms with Crippen LogP contribution in [0.2, 0.25) is 0 Å². The number of rotatable bonds is 7. The van der Waals surface area contributed by atoms with Crippen LogP contribution >= 0.6 is 0 Å². The van der Waals surface area contributed by atoms with Crippen LogP contribution in [0.5, 0.6) is 11.5 Å². The van der Waals surface area contributed by atoms with Crippen molar-refractivity contribution in [1.82, 2.24) is 0 Å². The first kappa shape index (κ1) is 46.6. The second kappa shape index (κ2) is 22.4. The summed E-state index contributed by atoms with van der Waals surface area (Å²) >= 11 is 0. The fourth-order valence-corrected chi connectivity index (χ4v) is 5.58. The first-order valence-corrected chi connectivity index (χ1v) is 19.3. The molecular weight excluding hydrogens is 828 g/mol. The Balaban J connectivity index is 0.000000238. The third kappa shape index (κ3) is 14.6. The number of hydrogen-bond donors (Lipinski definition) is 0. The third-order valence-corrected chi connectivity index (χ3v) is 8.68. The van der Waals surface area contributed by atoms with Crippen molar-refractivity contribution in [3.05, 3.63) is 200 Å². The maximum Gasteiger partial charge on any atom is 0.573 e. The van der Waals surface area contributed by atoms with E-state index in [1.165, 1.54) is 11.1 Å². The zero-order chi connectivity index (χ0) is 45.4. The molecule has 0 saturated heterocycles. The first-order valence-electron chi connectivity index (χ1n) is 19.3. The average Bonchev–Trinajstić information content (AvgIpc) is 3.26. The van der Waals surface area contributed by atoms with Crippen molar-refractivity contribution in [1.29, 1.82) is 0 Å². The van der Waals surface area contributed by atoms with Gasteiger partial charge in [-0.15, -0.1) is 13.2 Å². The Kier molecular flexibility index (Phi) is 16.6. The van der Waals surface area contributed by atoms with Crippen LogP contribution in [0.3, 0.4) is 0 Å². The molecular formula is C52H35F9O2. The van der Waals surface area contributed by atoms with Crippen molar-refractivity contribution < 1.29 is 49.0 Å². The Morgan fingerprint density at radius 1 is 0.413 bits per heavy atom. The van der Waals surface area contributed by atoms with Crippen molar-refractivity contribution in [3.8, 4) is 58.9 Å². The molecule has 0 aromatic heterocycles. The van der Waals surface area contributed by atoms with E-state index in [1.807, 2.05) is 24.3 Å².